The van der Waals surface area contributed by atoms with Gasteiger partial charge >= 0.3 is 6.09 Å². The minimum absolute atomic E-state index is 0.154. The Morgan fingerprint density at radius 2 is 1.81 bits per heavy atom. The minimum atomic E-state index is -0.490. The normalized spacial score (nSPS) is 19.5. The zero-order chi connectivity index (χ0) is 25.2. The number of piperidine rings is 1. The van der Waals surface area contributed by atoms with E-state index in [9.17, 15) is 4.79 Å². The maximum Gasteiger partial charge on any atom is 0.410 e. The molecule has 4 aromatic heterocycles. The highest BCUT2D eigenvalue weighted by molar-refractivity contribution is 6.34. The Kier molecular flexibility index (Phi) is 5.22. The second-order valence-corrected chi connectivity index (χ2v) is 11.0. The number of nitrogens with zero attached hydrogens (tertiary/aromatic N) is 7. The van der Waals surface area contributed by atoms with E-state index in [2.05, 4.69) is 27.2 Å². The van der Waals surface area contributed by atoms with E-state index < -0.39 is 5.60 Å². The molecule has 0 spiro atoms. The molecular weight excluding hydrogens is 478 g/mol. The zero-order valence-corrected chi connectivity index (χ0v) is 21.5. The third-order valence-corrected chi connectivity index (χ3v) is 7.06. The van der Waals surface area contributed by atoms with E-state index in [0.717, 1.165) is 53.1 Å². The summed E-state index contributed by atoms with van der Waals surface area (Å²) in [7, 11) is 1.90. The molecular formula is C26H28ClN7O2. The number of amides is 1. The number of pyridine rings is 2. The van der Waals surface area contributed by atoms with Crippen molar-refractivity contribution in [2.24, 2.45) is 7.05 Å². The van der Waals surface area contributed by atoms with Gasteiger partial charge in [0, 0.05) is 61.0 Å². The summed E-state index contributed by atoms with van der Waals surface area (Å²) in [4.78, 5) is 21.5. The summed E-state index contributed by atoms with van der Waals surface area (Å²) in [5, 5.41) is 9.32. The van der Waals surface area contributed by atoms with Crippen LogP contribution in [0.3, 0.4) is 0 Å². The average molecular weight is 506 g/mol. The minimum Gasteiger partial charge on any atom is -0.444 e. The van der Waals surface area contributed by atoms with E-state index in [4.69, 9.17) is 21.3 Å². The molecule has 2 bridgehead atoms. The second kappa shape index (κ2) is 8.23. The number of ether oxygens (including phenoxy) is 1. The van der Waals surface area contributed by atoms with Crippen LogP contribution in [-0.4, -0.2) is 66.1 Å². The monoisotopic (exact) mass is 505 g/mol. The first-order chi connectivity index (χ1) is 17.2. The van der Waals surface area contributed by atoms with Crippen LogP contribution in [0.1, 0.15) is 27.2 Å². The number of anilines is 1. The number of halogens is 1. The maximum atomic E-state index is 12.6. The number of piperazine rings is 1. The van der Waals surface area contributed by atoms with Crippen LogP contribution < -0.4 is 4.90 Å². The molecule has 0 saturated carbocycles. The highest BCUT2D eigenvalue weighted by Crippen LogP contribution is 2.37. The fourth-order valence-corrected chi connectivity index (χ4v) is 5.41. The van der Waals surface area contributed by atoms with Crippen molar-refractivity contribution < 1.29 is 9.53 Å². The Hall–Kier alpha value is -3.59. The first kappa shape index (κ1) is 22.8. The van der Waals surface area contributed by atoms with Gasteiger partial charge in [-0.1, -0.05) is 11.6 Å². The first-order valence-corrected chi connectivity index (χ1v) is 12.4. The first-order valence-electron chi connectivity index (χ1n) is 12.0. The van der Waals surface area contributed by atoms with Crippen molar-refractivity contribution in [2.75, 3.05) is 18.0 Å². The van der Waals surface area contributed by atoms with Crippen molar-refractivity contribution in [2.45, 2.75) is 44.9 Å². The van der Waals surface area contributed by atoms with Gasteiger partial charge in [-0.25, -0.2) is 14.3 Å². The predicted molar refractivity (Wildman–Crippen MR) is 138 cm³/mol. The lowest BCUT2D eigenvalue weighted by atomic mass is 9.88. The molecule has 2 atom stereocenters. The smallest absolute Gasteiger partial charge is 0.410 e. The van der Waals surface area contributed by atoms with Gasteiger partial charge in [0.15, 0.2) is 0 Å². The summed E-state index contributed by atoms with van der Waals surface area (Å²) in [6, 6.07) is 6.52. The molecule has 7 rings (SSSR count). The topological polar surface area (TPSA) is 80.8 Å². The van der Waals surface area contributed by atoms with Gasteiger partial charge in [0.2, 0.25) is 0 Å². The van der Waals surface area contributed by atoms with Crippen molar-refractivity contribution >= 4 is 29.0 Å². The zero-order valence-electron chi connectivity index (χ0n) is 20.7. The van der Waals surface area contributed by atoms with E-state index in [1.54, 1.807) is 15.4 Å². The number of hydrogen-bond acceptors (Lipinski definition) is 6. The fourth-order valence-electron chi connectivity index (χ4n) is 5.17. The number of carbonyl (C=O) groups is 1. The van der Waals surface area contributed by atoms with Gasteiger partial charge in [-0.3, -0.25) is 9.58 Å². The summed E-state index contributed by atoms with van der Waals surface area (Å²) >= 11 is 6.51. The number of aromatic nitrogens is 5. The lowest BCUT2D eigenvalue weighted by Gasteiger charge is -2.56. The summed E-state index contributed by atoms with van der Waals surface area (Å²) in [6.45, 7) is 7.19. The van der Waals surface area contributed by atoms with Crippen LogP contribution in [0.25, 0.3) is 27.8 Å². The molecule has 36 heavy (non-hydrogen) atoms. The van der Waals surface area contributed by atoms with Crippen molar-refractivity contribution in [3.63, 3.8) is 0 Å². The molecule has 4 aromatic rings. The van der Waals surface area contributed by atoms with Crippen molar-refractivity contribution in [3.8, 4) is 22.3 Å². The van der Waals surface area contributed by atoms with Crippen LogP contribution in [-0.2, 0) is 11.8 Å². The molecule has 9 nitrogen and oxygen atoms in total. The largest absolute Gasteiger partial charge is 0.444 e. The molecule has 3 aliphatic rings. The summed E-state index contributed by atoms with van der Waals surface area (Å²) in [6.07, 6.45) is 10.1. The van der Waals surface area contributed by atoms with Crippen LogP contribution >= 0.6 is 11.6 Å². The van der Waals surface area contributed by atoms with Gasteiger partial charge in [0.05, 0.1) is 35.0 Å². The molecule has 10 heteroatoms. The van der Waals surface area contributed by atoms with Crippen LogP contribution in [0.5, 0.6) is 0 Å². The van der Waals surface area contributed by atoms with Gasteiger partial charge in [-0.05, 0) is 45.4 Å². The standard InChI is InChI=1S/C26H28ClN7O2/c1-26(2,3)36-25(35)34-19-8-20(34)15-32(14-19)23-6-5-16(9-28-23)21-7-17(18-10-29-31(4)12-18)13-33-24(21)22(27)11-30-33/h5-7,9-13,19-20H,8,14-15H2,1-4H3. The molecule has 2 unspecified atom stereocenters. The van der Waals surface area contributed by atoms with Crippen molar-refractivity contribution in [1.29, 1.82) is 0 Å². The van der Waals surface area contributed by atoms with Gasteiger partial charge in [-0.15, -0.1) is 0 Å². The van der Waals surface area contributed by atoms with Crippen LogP contribution in [0.15, 0.2) is 49.2 Å². The summed E-state index contributed by atoms with van der Waals surface area (Å²) in [5.41, 5.74) is 4.25. The van der Waals surface area contributed by atoms with Crippen LogP contribution in [0.2, 0.25) is 5.02 Å². The molecule has 0 radical (unpaired) electrons. The molecule has 0 aliphatic carbocycles. The van der Waals surface area contributed by atoms with Crippen molar-refractivity contribution in [3.05, 3.63) is 54.2 Å². The van der Waals surface area contributed by atoms with Gasteiger partial charge in [0.1, 0.15) is 11.4 Å². The quantitative estimate of drug-likeness (QED) is 0.403. The van der Waals surface area contributed by atoms with Gasteiger partial charge < -0.3 is 9.64 Å². The molecule has 0 aromatic carbocycles. The molecule has 1 amide bonds. The Morgan fingerprint density at radius 1 is 1.03 bits per heavy atom. The highest BCUT2D eigenvalue weighted by Gasteiger charge is 2.49. The number of hydrogen-bond donors (Lipinski definition) is 0. The third kappa shape index (κ3) is 3.97. The summed E-state index contributed by atoms with van der Waals surface area (Å²) in [5.74, 6) is 0.899. The van der Waals surface area contributed by atoms with E-state index >= 15 is 0 Å². The van der Waals surface area contributed by atoms with Crippen LogP contribution in [0.4, 0.5) is 10.6 Å². The van der Waals surface area contributed by atoms with E-state index in [0.29, 0.717) is 5.02 Å². The second-order valence-electron chi connectivity index (χ2n) is 10.6. The van der Waals surface area contributed by atoms with E-state index in [1.807, 2.05) is 63.6 Å². The molecule has 7 heterocycles. The predicted octanol–water partition coefficient (Wildman–Crippen LogP) is 4.65. The Labute approximate surface area is 214 Å². The van der Waals surface area contributed by atoms with Gasteiger partial charge in [-0.2, -0.15) is 10.2 Å². The summed E-state index contributed by atoms with van der Waals surface area (Å²) < 4.78 is 9.17. The molecule has 3 saturated heterocycles. The molecule has 3 aliphatic heterocycles. The molecule has 3 fully saturated rings. The van der Waals surface area contributed by atoms with Gasteiger partial charge in [0.25, 0.3) is 0 Å². The lowest BCUT2D eigenvalue weighted by Crippen LogP contribution is -2.70. The van der Waals surface area contributed by atoms with E-state index in [-0.39, 0.29) is 18.2 Å². The number of carbonyl (C=O) groups excluding carboxylic acids is 1. The average Bonchev–Trinajstić information content (AvgIpc) is 3.43. The van der Waals surface area contributed by atoms with E-state index in [1.165, 1.54) is 0 Å². The molecule has 186 valence electrons. The SMILES string of the molecule is Cn1cc(-c2cc(-c3ccc(N4CC5CC(C4)N5C(=O)OC(C)(C)C)nc3)c3c(Cl)cnn3c2)cn1. The number of fused-ring (bicyclic) bond motifs is 3. The van der Waals surface area contributed by atoms with Crippen LogP contribution in [0, 0.1) is 0 Å². The number of rotatable bonds is 3. The Balaban J connectivity index is 1.25. The maximum absolute atomic E-state index is 12.6. The Morgan fingerprint density at radius 3 is 2.44 bits per heavy atom. The lowest BCUT2D eigenvalue weighted by molar-refractivity contribution is -0.0380. The van der Waals surface area contributed by atoms with Crippen molar-refractivity contribution in [1.82, 2.24) is 29.3 Å². The third-order valence-electron chi connectivity index (χ3n) is 6.79. The number of aryl methyl sites for hydroxylation is 1. The molecule has 0 N–H and O–H groups in total. The fraction of sp³-hybridized carbons (Fsp3) is 0.385. The Bertz CT molecular complexity index is 1440. The highest BCUT2D eigenvalue weighted by atomic mass is 35.5.